The molecule has 0 bridgehead atoms. The highest BCUT2D eigenvalue weighted by molar-refractivity contribution is 7.97. The lowest BCUT2D eigenvalue weighted by molar-refractivity contribution is -0.107. The monoisotopic (exact) mass is 158 g/mol. The minimum Gasteiger partial charge on any atom is -0.373 e. The third-order valence-electron chi connectivity index (χ3n) is 1.43. The Labute approximate surface area is 65.7 Å². The van der Waals surface area contributed by atoms with E-state index in [-0.39, 0.29) is 5.12 Å². The van der Waals surface area contributed by atoms with E-state index >= 15 is 0 Å². The van der Waals surface area contributed by atoms with E-state index in [2.05, 4.69) is 12.6 Å². The van der Waals surface area contributed by atoms with Gasteiger partial charge in [-0.2, -0.15) is 0 Å². The first kappa shape index (κ1) is 7.82. The van der Waals surface area contributed by atoms with Gasteiger partial charge < -0.3 is 4.74 Å². The molecule has 0 saturated carbocycles. The summed E-state index contributed by atoms with van der Waals surface area (Å²) in [5, 5.41) is -0.152. The number of ether oxygens (including phenoxy) is 1. The van der Waals surface area contributed by atoms with Gasteiger partial charge in [0.2, 0.25) is 5.12 Å². The molecule has 1 heterocycles. The van der Waals surface area contributed by atoms with Gasteiger partial charge in [-0.3, -0.25) is 4.79 Å². The van der Waals surface area contributed by atoms with Crippen LogP contribution in [0.2, 0.25) is 0 Å². The van der Waals surface area contributed by atoms with E-state index in [1.165, 1.54) is 0 Å². The minimum atomic E-state index is -0.152. The Bertz CT molecular complexity index is 170. The maximum atomic E-state index is 10.5. The Morgan fingerprint density at radius 1 is 1.90 bits per heavy atom. The molecule has 10 heavy (non-hydrogen) atoms. The summed E-state index contributed by atoms with van der Waals surface area (Å²) in [5.74, 6) is 0. The van der Waals surface area contributed by atoms with Gasteiger partial charge in [0.15, 0.2) is 0 Å². The zero-order valence-corrected chi connectivity index (χ0v) is 6.73. The lowest BCUT2D eigenvalue weighted by Crippen LogP contribution is -1.89. The summed E-state index contributed by atoms with van der Waals surface area (Å²) in [4.78, 5) is 10.5. The van der Waals surface area contributed by atoms with Crippen LogP contribution < -0.4 is 0 Å². The van der Waals surface area contributed by atoms with Crippen LogP contribution in [0.3, 0.4) is 0 Å². The fourth-order valence-corrected chi connectivity index (χ4v) is 0.691. The van der Waals surface area contributed by atoms with Crippen LogP contribution >= 0.6 is 12.6 Å². The van der Waals surface area contributed by atoms with Gasteiger partial charge in [0.25, 0.3) is 0 Å². The van der Waals surface area contributed by atoms with Crippen molar-refractivity contribution in [3.63, 3.8) is 0 Å². The topological polar surface area (TPSA) is 29.6 Å². The van der Waals surface area contributed by atoms with E-state index in [0.29, 0.717) is 11.7 Å². The van der Waals surface area contributed by atoms with Gasteiger partial charge in [0.1, 0.15) is 0 Å². The maximum Gasteiger partial charge on any atom is 0.211 e. The van der Waals surface area contributed by atoms with E-state index in [1.54, 1.807) is 6.92 Å². The number of hydrogen-bond acceptors (Lipinski definition) is 2. The van der Waals surface area contributed by atoms with Crippen LogP contribution in [0.4, 0.5) is 0 Å². The molecular weight excluding hydrogens is 148 g/mol. The van der Waals surface area contributed by atoms with E-state index in [9.17, 15) is 4.79 Å². The Morgan fingerprint density at radius 3 is 2.90 bits per heavy atom. The second-order valence-electron chi connectivity index (χ2n) is 2.38. The summed E-state index contributed by atoms with van der Waals surface area (Å²) in [6.45, 7) is 2.60. The van der Waals surface area contributed by atoms with Crippen molar-refractivity contribution in [3.05, 3.63) is 11.6 Å². The summed E-state index contributed by atoms with van der Waals surface area (Å²) >= 11 is 3.67. The number of thiol groups is 1. The predicted molar refractivity (Wildman–Crippen MR) is 42.1 cm³/mol. The highest BCUT2D eigenvalue weighted by Gasteiger charge is 2.20. The Kier molecular flexibility index (Phi) is 2.51. The molecule has 2 nitrogen and oxygen atoms in total. The van der Waals surface area contributed by atoms with Crippen LogP contribution in [0.25, 0.3) is 0 Å². The first-order valence-corrected chi connectivity index (χ1v) is 3.66. The molecule has 3 heteroatoms. The fourth-order valence-electron chi connectivity index (χ4n) is 0.600. The normalized spacial score (nSPS) is 24.6. The smallest absolute Gasteiger partial charge is 0.211 e. The van der Waals surface area contributed by atoms with Crippen molar-refractivity contribution in [3.8, 4) is 0 Å². The molecule has 0 aromatic rings. The first-order chi connectivity index (χ1) is 4.70. The minimum absolute atomic E-state index is 0.152. The third kappa shape index (κ3) is 2.54. The average Bonchev–Trinajstić information content (AvgIpc) is 2.64. The van der Waals surface area contributed by atoms with Crippen molar-refractivity contribution >= 4 is 17.7 Å². The van der Waals surface area contributed by atoms with Gasteiger partial charge in [-0.15, -0.1) is 12.6 Å². The maximum absolute atomic E-state index is 10.5. The highest BCUT2D eigenvalue weighted by Crippen LogP contribution is 2.15. The van der Waals surface area contributed by atoms with Crippen molar-refractivity contribution in [2.24, 2.45) is 0 Å². The summed E-state index contributed by atoms with van der Waals surface area (Å²) in [5.41, 5.74) is 0.707. The summed E-state index contributed by atoms with van der Waals surface area (Å²) in [6.07, 6.45) is 3.08. The fraction of sp³-hybridized carbons (Fsp3) is 0.571. The number of carbonyl (C=O) groups is 1. The molecule has 0 N–H and O–H groups in total. The molecule has 1 atom stereocenters. The second kappa shape index (κ2) is 3.21. The van der Waals surface area contributed by atoms with Crippen molar-refractivity contribution < 1.29 is 9.53 Å². The Morgan fingerprint density at radius 2 is 2.50 bits per heavy atom. The molecule has 0 aromatic carbocycles. The molecule has 0 amide bonds. The van der Waals surface area contributed by atoms with Crippen LogP contribution in [-0.4, -0.2) is 17.8 Å². The largest absolute Gasteiger partial charge is 0.373 e. The second-order valence-corrected chi connectivity index (χ2v) is 2.79. The number of epoxide rings is 1. The van der Waals surface area contributed by atoms with Gasteiger partial charge in [-0.25, -0.2) is 0 Å². The van der Waals surface area contributed by atoms with Gasteiger partial charge in [0.05, 0.1) is 12.7 Å². The lowest BCUT2D eigenvalue weighted by atomic mass is 10.2. The molecule has 0 radical (unpaired) electrons. The molecule has 56 valence electrons. The van der Waals surface area contributed by atoms with E-state index in [1.807, 2.05) is 6.08 Å². The molecule has 1 unspecified atom stereocenters. The van der Waals surface area contributed by atoms with Crippen LogP contribution in [0.5, 0.6) is 0 Å². The van der Waals surface area contributed by atoms with Gasteiger partial charge in [0, 0.05) is 0 Å². The SMILES string of the molecule is CC(=CCC1CO1)C(=O)S. The molecule has 1 rings (SSSR count). The number of hydrogen-bond donors (Lipinski definition) is 1. The highest BCUT2D eigenvalue weighted by atomic mass is 32.1. The van der Waals surface area contributed by atoms with E-state index in [0.717, 1.165) is 13.0 Å². The van der Waals surface area contributed by atoms with Gasteiger partial charge >= 0.3 is 0 Å². The summed E-state index contributed by atoms with van der Waals surface area (Å²) < 4.78 is 4.96. The van der Waals surface area contributed by atoms with Crippen LogP contribution in [0.1, 0.15) is 13.3 Å². The van der Waals surface area contributed by atoms with Crippen molar-refractivity contribution in [1.29, 1.82) is 0 Å². The zero-order chi connectivity index (χ0) is 7.56. The predicted octanol–water partition coefficient (Wildman–Crippen LogP) is 1.18. The van der Waals surface area contributed by atoms with Crippen LogP contribution in [0, 0.1) is 0 Å². The Hall–Kier alpha value is -0.280. The van der Waals surface area contributed by atoms with E-state index in [4.69, 9.17) is 4.74 Å². The van der Waals surface area contributed by atoms with Crippen molar-refractivity contribution in [2.45, 2.75) is 19.4 Å². The summed E-state index contributed by atoms with van der Waals surface area (Å²) in [6, 6.07) is 0. The molecule has 1 saturated heterocycles. The van der Waals surface area contributed by atoms with Crippen LogP contribution in [0.15, 0.2) is 11.6 Å². The van der Waals surface area contributed by atoms with Gasteiger partial charge in [-0.1, -0.05) is 6.08 Å². The quantitative estimate of drug-likeness (QED) is 0.379. The molecule has 1 aliphatic rings. The third-order valence-corrected chi connectivity index (χ3v) is 1.78. The van der Waals surface area contributed by atoms with Gasteiger partial charge in [-0.05, 0) is 18.9 Å². The zero-order valence-electron chi connectivity index (χ0n) is 5.83. The van der Waals surface area contributed by atoms with E-state index < -0.39 is 0 Å². The van der Waals surface area contributed by atoms with Crippen LogP contribution in [-0.2, 0) is 9.53 Å². The lowest BCUT2D eigenvalue weighted by Gasteiger charge is -1.90. The summed E-state index contributed by atoms with van der Waals surface area (Å²) in [7, 11) is 0. The molecule has 1 aliphatic heterocycles. The Balaban J connectivity index is 2.29. The number of carbonyl (C=O) groups excluding carboxylic acids is 1. The average molecular weight is 158 g/mol. The molecule has 0 aliphatic carbocycles. The van der Waals surface area contributed by atoms with Crippen molar-refractivity contribution in [2.75, 3.05) is 6.61 Å². The van der Waals surface area contributed by atoms with Crippen molar-refractivity contribution in [1.82, 2.24) is 0 Å². The molecule has 0 spiro atoms. The molecule has 1 fully saturated rings. The molecule has 0 aromatic heterocycles. The standard InChI is InChI=1S/C7H10O2S/c1-5(7(8)10)2-3-6-4-9-6/h2,6H,3-4H2,1H3,(H,8,10). The molecular formula is C7H10O2S. The first-order valence-electron chi connectivity index (χ1n) is 3.22. The number of rotatable bonds is 3.